The van der Waals surface area contributed by atoms with Gasteiger partial charge in [-0.15, -0.1) is 0 Å². The van der Waals surface area contributed by atoms with Gasteiger partial charge in [-0.2, -0.15) is 0 Å². The second-order valence-electron chi connectivity index (χ2n) is 6.18. The SMILES string of the molecule is CN1CCC(CNCc2ccc3c(c2)CCN3C)C1. The average molecular weight is 259 g/mol. The number of nitrogens with zero attached hydrogens (tertiary/aromatic N) is 2. The number of benzene rings is 1. The van der Waals surface area contributed by atoms with Crippen molar-refractivity contribution in [3.63, 3.8) is 0 Å². The number of hydrogen-bond donors (Lipinski definition) is 1. The summed E-state index contributed by atoms with van der Waals surface area (Å²) in [6.45, 7) is 5.85. The van der Waals surface area contributed by atoms with Crippen LogP contribution in [0, 0.1) is 5.92 Å². The van der Waals surface area contributed by atoms with Gasteiger partial charge in [0.1, 0.15) is 0 Å². The summed E-state index contributed by atoms with van der Waals surface area (Å²) in [7, 11) is 4.40. The lowest BCUT2D eigenvalue weighted by molar-refractivity contribution is 0.388. The highest BCUT2D eigenvalue weighted by Gasteiger charge is 2.19. The molecule has 104 valence electrons. The fourth-order valence-electron chi connectivity index (χ4n) is 3.34. The van der Waals surface area contributed by atoms with E-state index >= 15 is 0 Å². The van der Waals surface area contributed by atoms with Gasteiger partial charge in [0.05, 0.1) is 0 Å². The fourth-order valence-corrected chi connectivity index (χ4v) is 3.34. The van der Waals surface area contributed by atoms with Gasteiger partial charge in [-0.25, -0.2) is 0 Å². The zero-order chi connectivity index (χ0) is 13.2. The van der Waals surface area contributed by atoms with Crippen molar-refractivity contribution < 1.29 is 0 Å². The Bertz CT molecular complexity index is 444. The molecule has 2 heterocycles. The predicted octanol–water partition coefficient (Wildman–Crippen LogP) is 1.72. The highest BCUT2D eigenvalue weighted by molar-refractivity contribution is 5.58. The Kier molecular flexibility index (Phi) is 3.76. The van der Waals surface area contributed by atoms with E-state index in [9.17, 15) is 0 Å². The summed E-state index contributed by atoms with van der Waals surface area (Å²) in [4.78, 5) is 4.78. The van der Waals surface area contributed by atoms with Crippen molar-refractivity contribution in [1.82, 2.24) is 10.2 Å². The van der Waals surface area contributed by atoms with E-state index in [1.165, 1.54) is 49.3 Å². The lowest BCUT2D eigenvalue weighted by Crippen LogP contribution is -2.24. The molecule has 2 aliphatic heterocycles. The van der Waals surface area contributed by atoms with E-state index in [-0.39, 0.29) is 0 Å². The van der Waals surface area contributed by atoms with Crippen LogP contribution in [-0.4, -0.2) is 45.2 Å². The van der Waals surface area contributed by atoms with Gasteiger partial charge in [0.15, 0.2) is 0 Å². The van der Waals surface area contributed by atoms with Gasteiger partial charge in [-0.05, 0) is 56.1 Å². The standard InChI is InChI=1S/C16H25N3/c1-18-7-5-14(12-18)11-17-10-13-3-4-16-15(9-13)6-8-19(16)2/h3-4,9,14,17H,5-8,10-12H2,1-2H3. The van der Waals surface area contributed by atoms with Gasteiger partial charge in [-0.3, -0.25) is 0 Å². The number of fused-ring (bicyclic) bond motifs is 1. The molecule has 1 aromatic rings. The van der Waals surface area contributed by atoms with Crippen molar-refractivity contribution in [1.29, 1.82) is 0 Å². The van der Waals surface area contributed by atoms with Crippen LogP contribution in [-0.2, 0) is 13.0 Å². The highest BCUT2D eigenvalue weighted by atomic mass is 15.1. The van der Waals surface area contributed by atoms with Crippen LogP contribution in [0.15, 0.2) is 18.2 Å². The molecule has 1 atom stereocenters. The van der Waals surface area contributed by atoms with Crippen LogP contribution in [0.4, 0.5) is 5.69 Å². The lowest BCUT2D eigenvalue weighted by atomic mass is 10.1. The number of likely N-dealkylation sites (N-methyl/N-ethyl adjacent to an activating group) is 1. The molecule has 19 heavy (non-hydrogen) atoms. The molecule has 0 bridgehead atoms. The highest BCUT2D eigenvalue weighted by Crippen LogP contribution is 2.27. The molecule has 0 spiro atoms. The van der Waals surface area contributed by atoms with Gasteiger partial charge < -0.3 is 15.1 Å². The molecule has 1 unspecified atom stereocenters. The van der Waals surface area contributed by atoms with Gasteiger partial charge in [0, 0.05) is 32.4 Å². The Morgan fingerprint density at radius 1 is 1.26 bits per heavy atom. The lowest BCUT2D eigenvalue weighted by Gasteiger charge is -2.14. The molecule has 1 saturated heterocycles. The van der Waals surface area contributed by atoms with Crippen molar-refractivity contribution in [3.8, 4) is 0 Å². The Balaban J connectivity index is 1.51. The summed E-state index contributed by atoms with van der Waals surface area (Å²) in [6.07, 6.45) is 2.55. The monoisotopic (exact) mass is 259 g/mol. The third-order valence-electron chi connectivity index (χ3n) is 4.52. The number of hydrogen-bond acceptors (Lipinski definition) is 3. The van der Waals surface area contributed by atoms with Crippen molar-refractivity contribution >= 4 is 5.69 Å². The molecule has 0 radical (unpaired) electrons. The summed E-state index contributed by atoms with van der Waals surface area (Å²) in [5.41, 5.74) is 4.36. The molecule has 1 fully saturated rings. The Morgan fingerprint density at radius 3 is 2.95 bits per heavy atom. The smallest absolute Gasteiger partial charge is 0.0397 e. The number of anilines is 1. The van der Waals surface area contributed by atoms with Crippen LogP contribution in [0.25, 0.3) is 0 Å². The van der Waals surface area contributed by atoms with E-state index in [4.69, 9.17) is 0 Å². The molecule has 1 N–H and O–H groups in total. The van der Waals surface area contributed by atoms with E-state index in [0.29, 0.717) is 0 Å². The summed E-state index contributed by atoms with van der Waals surface area (Å²) in [6, 6.07) is 6.93. The van der Waals surface area contributed by atoms with Crippen LogP contribution < -0.4 is 10.2 Å². The first-order valence-corrected chi connectivity index (χ1v) is 7.44. The first kappa shape index (κ1) is 12.9. The quantitative estimate of drug-likeness (QED) is 0.888. The second-order valence-corrected chi connectivity index (χ2v) is 6.18. The van der Waals surface area contributed by atoms with Gasteiger partial charge >= 0.3 is 0 Å². The largest absolute Gasteiger partial charge is 0.374 e. The minimum absolute atomic E-state index is 0.838. The molecule has 0 aromatic heterocycles. The maximum absolute atomic E-state index is 3.63. The van der Waals surface area contributed by atoms with E-state index in [1.54, 1.807) is 0 Å². The molecule has 0 aliphatic carbocycles. The minimum atomic E-state index is 0.838. The van der Waals surface area contributed by atoms with Gasteiger partial charge in [-0.1, -0.05) is 12.1 Å². The van der Waals surface area contributed by atoms with Crippen molar-refractivity contribution in [2.75, 3.05) is 45.2 Å². The minimum Gasteiger partial charge on any atom is -0.374 e. The molecular formula is C16H25N3. The van der Waals surface area contributed by atoms with Crippen LogP contribution in [0.5, 0.6) is 0 Å². The Morgan fingerprint density at radius 2 is 2.16 bits per heavy atom. The molecule has 0 saturated carbocycles. The van der Waals surface area contributed by atoms with E-state index in [2.05, 4.69) is 47.4 Å². The summed E-state index contributed by atoms with van der Waals surface area (Å²) in [5, 5.41) is 3.63. The van der Waals surface area contributed by atoms with Crippen LogP contribution in [0.1, 0.15) is 17.5 Å². The predicted molar refractivity (Wildman–Crippen MR) is 80.7 cm³/mol. The molecule has 2 aliphatic rings. The maximum atomic E-state index is 3.63. The molecule has 0 amide bonds. The van der Waals surface area contributed by atoms with Crippen LogP contribution >= 0.6 is 0 Å². The summed E-state index contributed by atoms with van der Waals surface area (Å²) < 4.78 is 0. The molecule has 3 rings (SSSR count). The zero-order valence-electron chi connectivity index (χ0n) is 12.2. The second kappa shape index (κ2) is 5.51. The third kappa shape index (κ3) is 2.93. The van der Waals surface area contributed by atoms with E-state index in [1.807, 2.05) is 0 Å². The summed E-state index contributed by atoms with van der Waals surface area (Å²) >= 11 is 0. The van der Waals surface area contributed by atoms with Crippen LogP contribution in [0.3, 0.4) is 0 Å². The molecule has 1 aromatic carbocycles. The normalized spacial score (nSPS) is 23.1. The number of nitrogens with one attached hydrogen (secondary N) is 1. The third-order valence-corrected chi connectivity index (χ3v) is 4.52. The zero-order valence-corrected chi connectivity index (χ0v) is 12.2. The maximum Gasteiger partial charge on any atom is 0.0397 e. The Labute approximate surface area is 116 Å². The number of likely N-dealkylation sites (tertiary alicyclic amines) is 1. The fraction of sp³-hybridized carbons (Fsp3) is 0.625. The summed E-state index contributed by atoms with van der Waals surface area (Å²) in [5.74, 6) is 0.838. The van der Waals surface area contributed by atoms with Gasteiger partial charge in [0.25, 0.3) is 0 Å². The average Bonchev–Trinajstić information content (AvgIpc) is 2.97. The van der Waals surface area contributed by atoms with Crippen LogP contribution in [0.2, 0.25) is 0 Å². The molecule has 3 nitrogen and oxygen atoms in total. The van der Waals surface area contributed by atoms with Gasteiger partial charge in [0.2, 0.25) is 0 Å². The van der Waals surface area contributed by atoms with E-state index < -0.39 is 0 Å². The topological polar surface area (TPSA) is 18.5 Å². The van der Waals surface area contributed by atoms with Crippen molar-refractivity contribution in [3.05, 3.63) is 29.3 Å². The molecular weight excluding hydrogens is 234 g/mol. The van der Waals surface area contributed by atoms with Crippen molar-refractivity contribution in [2.24, 2.45) is 5.92 Å². The first-order valence-electron chi connectivity index (χ1n) is 7.44. The molecule has 3 heteroatoms. The number of rotatable bonds is 4. The Hall–Kier alpha value is -1.06. The van der Waals surface area contributed by atoms with Crippen molar-refractivity contribution in [2.45, 2.75) is 19.4 Å². The first-order chi connectivity index (χ1) is 9.22. The van der Waals surface area contributed by atoms with E-state index in [0.717, 1.165) is 19.0 Å².